The lowest BCUT2D eigenvalue weighted by molar-refractivity contribution is 0.0707. The summed E-state index contributed by atoms with van der Waals surface area (Å²) in [6.45, 7) is 10.0. The van der Waals surface area contributed by atoms with E-state index in [1.54, 1.807) is 0 Å². The number of nitrogens with zero attached hydrogens (tertiary/aromatic N) is 1. The first-order valence-corrected chi connectivity index (χ1v) is 5.78. The van der Waals surface area contributed by atoms with Crippen LogP contribution in [0.15, 0.2) is 30.3 Å². The fraction of sp³-hybridized carbons (Fsp3) is 0.500. The standard InChI is InChI=1S/C14H21NO/c1-5-15(11-14(2,3)4)13(16)12-9-7-6-8-10-12/h6-10H,5,11H2,1-4H3. The van der Waals surface area contributed by atoms with E-state index in [9.17, 15) is 4.79 Å². The van der Waals surface area contributed by atoms with Crippen LogP contribution in [0, 0.1) is 5.41 Å². The molecule has 0 saturated heterocycles. The minimum atomic E-state index is 0.123. The quantitative estimate of drug-likeness (QED) is 0.764. The highest BCUT2D eigenvalue weighted by molar-refractivity contribution is 5.94. The van der Waals surface area contributed by atoms with E-state index < -0.39 is 0 Å². The van der Waals surface area contributed by atoms with E-state index in [-0.39, 0.29) is 11.3 Å². The van der Waals surface area contributed by atoms with Crippen LogP contribution in [0.5, 0.6) is 0 Å². The van der Waals surface area contributed by atoms with Gasteiger partial charge in [-0.25, -0.2) is 0 Å². The van der Waals surface area contributed by atoms with Crippen molar-refractivity contribution in [2.45, 2.75) is 27.7 Å². The molecule has 1 amide bonds. The van der Waals surface area contributed by atoms with Crippen LogP contribution in [0.3, 0.4) is 0 Å². The van der Waals surface area contributed by atoms with E-state index in [4.69, 9.17) is 0 Å². The predicted octanol–water partition coefficient (Wildman–Crippen LogP) is 3.19. The predicted molar refractivity (Wildman–Crippen MR) is 67.5 cm³/mol. The minimum absolute atomic E-state index is 0.123. The van der Waals surface area contributed by atoms with Gasteiger partial charge in [-0.1, -0.05) is 39.0 Å². The van der Waals surface area contributed by atoms with Crippen LogP contribution in [-0.4, -0.2) is 23.9 Å². The smallest absolute Gasteiger partial charge is 0.253 e. The average Bonchev–Trinajstić information content (AvgIpc) is 2.25. The Hall–Kier alpha value is -1.31. The highest BCUT2D eigenvalue weighted by atomic mass is 16.2. The van der Waals surface area contributed by atoms with Crippen LogP contribution < -0.4 is 0 Å². The molecule has 0 radical (unpaired) electrons. The molecule has 16 heavy (non-hydrogen) atoms. The van der Waals surface area contributed by atoms with Gasteiger partial charge in [-0.3, -0.25) is 4.79 Å². The van der Waals surface area contributed by atoms with Crippen molar-refractivity contribution in [1.29, 1.82) is 0 Å². The van der Waals surface area contributed by atoms with E-state index in [1.807, 2.05) is 42.2 Å². The molecule has 0 bridgehead atoms. The van der Waals surface area contributed by atoms with Gasteiger partial charge in [-0.15, -0.1) is 0 Å². The van der Waals surface area contributed by atoms with Gasteiger partial charge in [0.2, 0.25) is 0 Å². The molecule has 0 fully saturated rings. The van der Waals surface area contributed by atoms with Crippen molar-refractivity contribution in [3.8, 4) is 0 Å². The van der Waals surface area contributed by atoms with Crippen LogP contribution in [0.4, 0.5) is 0 Å². The maximum absolute atomic E-state index is 12.2. The van der Waals surface area contributed by atoms with Crippen molar-refractivity contribution in [2.75, 3.05) is 13.1 Å². The first-order valence-electron chi connectivity index (χ1n) is 5.78. The lowest BCUT2D eigenvalue weighted by Gasteiger charge is -2.29. The Balaban J connectivity index is 2.78. The van der Waals surface area contributed by atoms with Crippen molar-refractivity contribution < 1.29 is 4.79 Å². The molecular weight excluding hydrogens is 198 g/mol. The molecule has 0 unspecified atom stereocenters. The lowest BCUT2D eigenvalue weighted by atomic mass is 9.95. The number of hydrogen-bond acceptors (Lipinski definition) is 1. The maximum atomic E-state index is 12.2. The summed E-state index contributed by atoms with van der Waals surface area (Å²) in [7, 11) is 0. The molecule has 0 aliphatic carbocycles. The molecule has 1 aromatic carbocycles. The summed E-state index contributed by atoms with van der Waals surface area (Å²) in [5.74, 6) is 0.123. The second-order valence-corrected chi connectivity index (χ2v) is 5.25. The summed E-state index contributed by atoms with van der Waals surface area (Å²) in [5.41, 5.74) is 0.911. The summed E-state index contributed by atoms with van der Waals surface area (Å²) in [6, 6.07) is 9.47. The van der Waals surface area contributed by atoms with Crippen LogP contribution in [0.2, 0.25) is 0 Å². The topological polar surface area (TPSA) is 20.3 Å². The largest absolute Gasteiger partial charge is 0.338 e. The van der Waals surface area contributed by atoms with Crippen molar-refractivity contribution in [2.24, 2.45) is 5.41 Å². The molecule has 0 aromatic heterocycles. The number of rotatable bonds is 3. The van der Waals surface area contributed by atoms with Gasteiger partial charge in [-0.05, 0) is 24.5 Å². The van der Waals surface area contributed by atoms with Crippen LogP contribution >= 0.6 is 0 Å². The number of hydrogen-bond donors (Lipinski definition) is 0. The van der Waals surface area contributed by atoms with Crippen LogP contribution in [-0.2, 0) is 0 Å². The van der Waals surface area contributed by atoms with E-state index >= 15 is 0 Å². The molecular formula is C14H21NO. The van der Waals surface area contributed by atoms with Crippen LogP contribution in [0.1, 0.15) is 38.1 Å². The van der Waals surface area contributed by atoms with Crippen molar-refractivity contribution in [3.05, 3.63) is 35.9 Å². The van der Waals surface area contributed by atoms with E-state index in [1.165, 1.54) is 0 Å². The Labute approximate surface area is 98.3 Å². The van der Waals surface area contributed by atoms with Gasteiger partial charge in [0, 0.05) is 18.7 Å². The SMILES string of the molecule is CCN(CC(C)(C)C)C(=O)c1ccccc1. The molecule has 2 nitrogen and oxygen atoms in total. The fourth-order valence-electron chi connectivity index (χ4n) is 1.66. The lowest BCUT2D eigenvalue weighted by Crippen LogP contribution is -2.37. The van der Waals surface area contributed by atoms with Crippen molar-refractivity contribution in [3.63, 3.8) is 0 Å². The molecule has 0 heterocycles. The van der Waals surface area contributed by atoms with E-state index in [2.05, 4.69) is 20.8 Å². The minimum Gasteiger partial charge on any atom is -0.338 e. The highest BCUT2D eigenvalue weighted by Crippen LogP contribution is 2.16. The van der Waals surface area contributed by atoms with Gasteiger partial charge in [0.15, 0.2) is 0 Å². The first-order chi connectivity index (χ1) is 7.44. The Morgan fingerprint density at radius 2 is 1.75 bits per heavy atom. The molecule has 2 heteroatoms. The van der Waals surface area contributed by atoms with Crippen LogP contribution in [0.25, 0.3) is 0 Å². The van der Waals surface area contributed by atoms with E-state index in [0.717, 1.165) is 18.7 Å². The Kier molecular flexibility index (Phi) is 4.11. The Morgan fingerprint density at radius 1 is 1.19 bits per heavy atom. The Morgan fingerprint density at radius 3 is 2.19 bits per heavy atom. The van der Waals surface area contributed by atoms with Gasteiger partial charge in [0.25, 0.3) is 5.91 Å². The molecule has 0 aliphatic rings. The molecule has 1 aromatic rings. The summed E-state index contributed by atoms with van der Waals surface area (Å²) in [4.78, 5) is 14.1. The van der Waals surface area contributed by atoms with Gasteiger partial charge in [0.1, 0.15) is 0 Å². The molecule has 0 atom stereocenters. The first kappa shape index (κ1) is 12.8. The van der Waals surface area contributed by atoms with E-state index in [0.29, 0.717) is 0 Å². The second-order valence-electron chi connectivity index (χ2n) is 5.25. The van der Waals surface area contributed by atoms with Gasteiger partial charge in [-0.2, -0.15) is 0 Å². The molecule has 0 aliphatic heterocycles. The zero-order chi connectivity index (χ0) is 12.2. The second kappa shape index (κ2) is 5.15. The van der Waals surface area contributed by atoms with Crippen molar-refractivity contribution in [1.82, 2.24) is 4.90 Å². The molecule has 0 N–H and O–H groups in total. The third-order valence-corrected chi connectivity index (χ3v) is 2.35. The number of carbonyl (C=O) groups excluding carboxylic acids is 1. The third-order valence-electron chi connectivity index (χ3n) is 2.35. The zero-order valence-corrected chi connectivity index (χ0v) is 10.7. The molecule has 0 saturated carbocycles. The van der Waals surface area contributed by atoms with Crippen molar-refractivity contribution >= 4 is 5.91 Å². The summed E-state index contributed by atoms with van der Waals surface area (Å²) < 4.78 is 0. The number of carbonyl (C=O) groups is 1. The molecule has 0 spiro atoms. The third kappa shape index (κ3) is 3.69. The van der Waals surface area contributed by atoms with Gasteiger partial charge < -0.3 is 4.90 Å². The highest BCUT2D eigenvalue weighted by Gasteiger charge is 2.20. The normalized spacial score (nSPS) is 11.2. The van der Waals surface area contributed by atoms with Gasteiger partial charge in [0.05, 0.1) is 0 Å². The van der Waals surface area contributed by atoms with Gasteiger partial charge >= 0.3 is 0 Å². The Bertz CT molecular complexity index is 338. The monoisotopic (exact) mass is 219 g/mol. The maximum Gasteiger partial charge on any atom is 0.253 e. The summed E-state index contributed by atoms with van der Waals surface area (Å²) in [5, 5.41) is 0. The summed E-state index contributed by atoms with van der Waals surface area (Å²) >= 11 is 0. The molecule has 1 rings (SSSR count). The molecule has 88 valence electrons. The number of benzene rings is 1. The summed E-state index contributed by atoms with van der Waals surface area (Å²) in [6.07, 6.45) is 0. The zero-order valence-electron chi connectivity index (χ0n) is 10.7. The number of amides is 1. The average molecular weight is 219 g/mol. The fourth-order valence-corrected chi connectivity index (χ4v) is 1.66.